The van der Waals surface area contributed by atoms with Crippen LogP contribution >= 0.6 is 0 Å². The molecule has 0 aliphatic heterocycles. The standard InChI is InChI=1S/C30H33N3O4/c1-4-11-23-16-17-27(28(20-23)35-3)36-19-10-18-33-26-15-9-8-14-25(26)32-30(33)22(2)31-29(34)21-37-24-12-6-5-7-13-24/h4-9,11-17,20,22H,10,18-19,21H2,1-3H3,(H,31,34)/b11-4+. The van der Waals surface area contributed by atoms with Crippen LogP contribution in [0.1, 0.15) is 37.7 Å². The van der Waals surface area contributed by atoms with E-state index >= 15 is 0 Å². The van der Waals surface area contributed by atoms with Crippen LogP contribution in [0, 0.1) is 0 Å². The van der Waals surface area contributed by atoms with Gasteiger partial charge in [-0.25, -0.2) is 4.98 Å². The van der Waals surface area contributed by atoms with E-state index in [-0.39, 0.29) is 18.6 Å². The van der Waals surface area contributed by atoms with Crippen molar-refractivity contribution in [3.05, 3.63) is 90.3 Å². The average Bonchev–Trinajstić information content (AvgIpc) is 3.30. The molecule has 0 spiro atoms. The number of methoxy groups -OCH3 is 1. The topological polar surface area (TPSA) is 74.6 Å². The fourth-order valence-corrected chi connectivity index (χ4v) is 4.18. The smallest absolute Gasteiger partial charge is 0.258 e. The molecule has 4 rings (SSSR count). The third-order valence-corrected chi connectivity index (χ3v) is 5.89. The van der Waals surface area contributed by atoms with Crippen molar-refractivity contribution in [2.75, 3.05) is 20.3 Å². The number of allylic oxidation sites excluding steroid dienone is 1. The first-order valence-corrected chi connectivity index (χ1v) is 12.4. The number of hydrogen-bond donors (Lipinski definition) is 1. The molecule has 7 nitrogen and oxygen atoms in total. The number of hydrogen-bond acceptors (Lipinski definition) is 5. The van der Waals surface area contributed by atoms with Gasteiger partial charge in [0.1, 0.15) is 11.6 Å². The molecule has 0 saturated heterocycles. The maximum atomic E-state index is 12.6. The van der Waals surface area contributed by atoms with Crippen molar-refractivity contribution in [3.8, 4) is 17.2 Å². The van der Waals surface area contributed by atoms with Gasteiger partial charge >= 0.3 is 0 Å². The third-order valence-electron chi connectivity index (χ3n) is 5.89. The van der Waals surface area contributed by atoms with Gasteiger partial charge in [0.05, 0.1) is 30.8 Å². The molecular weight excluding hydrogens is 466 g/mol. The molecular formula is C30H33N3O4. The monoisotopic (exact) mass is 499 g/mol. The summed E-state index contributed by atoms with van der Waals surface area (Å²) in [6, 6.07) is 22.9. The highest BCUT2D eigenvalue weighted by molar-refractivity contribution is 5.79. The van der Waals surface area contributed by atoms with Gasteiger partial charge in [-0.15, -0.1) is 0 Å². The van der Waals surface area contributed by atoms with E-state index < -0.39 is 0 Å². The minimum Gasteiger partial charge on any atom is -0.493 e. The molecule has 4 aromatic rings. The number of aryl methyl sites for hydroxylation is 1. The van der Waals surface area contributed by atoms with E-state index in [0.717, 1.165) is 28.8 Å². The number of fused-ring (bicyclic) bond motifs is 1. The van der Waals surface area contributed by atoms with Gasteiger partial charge in [-0.3, -0.25) is 4.79 Å². The second kappa shape index (κ2) is 12.6. The highest BCUT2D eigenvalue weighted by Gasteiger charge is 2.18. The molecule has 1 heterocycles. The van der Waals surface area contributed by atoms with Gasteiger partial charge in [0.2, 0.25) is 0 Å². The largest absolute Gasteiger partial charge is 0.493 e. The van der Waals surface area contributed by atoms with Crippen molar-refractivity contribution < 1.29 is 19.0 Å². The van der Waals surface area contributed by atoms with Crippen molar-refractivity contribution in [1.82, 2.24) is 14.9 Å². The Bertz CT molecular complexity index is 1350. The molecule has 0 aliphatic rings. The number of carbonyl (C=O) groups is 1. The zero-order chi connectivity index (χ0) is 26.0. The Labute approximate surface area is 217 Å². The highest BCUT2D eigenvalue weighted by atomic mass is 16.5. The molecule has 1 aromatic heterocycles. The van der Waals surface area contributed by atoms with Crippen LogP contribution in [0.2, 0.25) is 0 Å². The molecule has 7 heteroatoms. The summed E-state index contributed by atoms with van der Waals surface area (Å²) in [4.78, 5) is 17.4. The molecule has 0 saturated carbocycles. The molecule has 0 bridgehead atoms. The predicted molar refractivity (Wildman–Crippen MR) is 146 cm³/mol. The van der Waals surface area contributed by atoms with E-state index in [1.165, 1.54) is 0 Å². The minimum atomic E-state index is -0.292. The van der Waals surface area contributed by atoms with E-state index in [2.05, 4.69) is 9.88 Å². The van der Waals surface area contributed by atoms with Crippen LogP contribution in [-0.2, 0) is 11.3 Å². The number of benzene rings is 3. The third kappa shape index (κ3) is 6.70. The number of para-hydroxylation sites is 3. The molecule has 192 valence electrons. The number of nitrogens with zero attached hydrogens (tertiary/aromatic N) is 2. The average molecular weight is 500 g/mol. The molecule has 1 amide bonds. The molecule has 0 aliphatic carbocycles. The van der Waals surface area contributed by atoms with Crippen molar-refractivity contribution >= 4 is 23.0 Å². The molecule has 1 N–H and O–H groups in total. The first-order chi connectivity index (χ1) is 18.1. The number of ether oxygens (including phenoxy) is 3. The molecule has 1 unspecified atom stereocenters. The van der Waals surface area contributed by atoms with Gasteiger partial charge in [-0.2, -0.15) is 0 Å². The number of aromatic nitrogens is 2. The van der Waals surface area contributed by atoms with E-state index in [1.807, 2.05) is 98.8 Å². The summed E-state index contributed by atoms with van der Waals surface area (Å²) in [5, 5.41) is 3.01. The first-order valence-electron chi connectivity index (χ1n) is 12.4. The normalized spacial score (nSPS) is 12.0. The van der Waals surface area contributed by atoms with Crippen LogP contribution in [0.4, 0.5) is 0 Å². The lowest BCUT2D eigenvalue weighted by molar-refractivity contribution is -0.123. The van der Waals surface area contributed by atoms with Gasteiger partial charge < -0.3 is 24.1 Å². The van der Waals surface area contributed by atoms with Crippen LogP contribution in [0.5, 0.6) is 17.2 Å². The van der Waals surface area contributed by atoms with E-state index in [4.69, 9.17) is 19.2 Å². The van der Waals surface area contributed by atoms with Crippen molar-refractivity contribution in [2.45, 2.75) is 32.9 Å². The van der Waals surface area contributed by atoms with Gasteiger partial charge in [0.15, 0.2) is 18.1 Å². The first kappa shape index (κ1) is 25.8. The summed E-state index contributed by atoms with van der Waals surface area (Å²) in [7, 11) is 1.64. The molecule has 3 aromatic carbocycles. The number of nitrogens with one attached hydrogen (secondary N) is 1. The Morgan fingerprint density at radius 1 is 1.03 bits per heavy atom. The fraction of sp³-hybridized carbons (Fsp3) is 0.267. The quantitative estimate of drug-likeness (QED) is 0.249. The van der Waals surface area contributed by atoms with E-state index in [1.54, 1.807) is 7.11 Å². The van der Waals surface area contributed by atoms with Crippen LogP contribution in [0.3, 0.4) is 0 Å². The second-order valence-electron chi connectivity index (χ2n) is 8.61. The van der Waals surface area contributed by atoms with Crippen LogP contribution in [0.25, 0.3) is 17.1 Å². The highest BCUT2D eigenvalue weighted by Crippen LogP contribution is 2.29. The lowest BCUT2D eigenvalue weighted by Crippen LogP contribution is -2.32. The summed E-state index contributed by atoms with van der Waals surface area (Å²) < 4.78 is 19.3. The zero-order valence-electron chi connectivity index (χ0n) is 21.5. The molecule has 1 atom stereocenters. The minimum absolute atomic E-state index is 0.0584. The van der Waals surface area contributed by atoms with Crippen molar-refractivity contribution in [1.29, 1.82) is 0 Å². The van der Waals surface area contributed by atoms with Crippen molar-refractivity contribution in [3.63, 3.8) is 0 Å². The lowest BCUT2D eigenvalue weighted by atomic mass is 10.2. The maximum Gasteiger partial charge on any atom is 0.258 e. The lowest BCUT2D eigenvalue weighted by Gasteiger charge is -2.17. The Hall–Kier alpha value is -4.26. The number of imidazole rings is 1. The molecule has 37 heavy (non-hydrogen) atoms. The fourth-order valence-electron chi connectivity index (χ4n) is 4.18. The SMILES string of the molecule is C/C=C/c1ccc(OCCCn2c(C(C)NC(=O)COc3ccccc3)nc3ccccc32)c(OC)c1. The number of rotatable bonds is 12. The second-order valence-corrected chi connectivity index (χ2v) is 8.61. The summed E-state index contributed by atoms with van der Waals surface area (Å²) >= 11 is 0. The Morgan fingerprint density at radius 3 is 2.59 bits per heavy atom. The zero-order valence-corrected chi connectivity index (χ0v) is 21.5. The van der Waals surface area contributed by atoms with Gasteiger partial charge in [0.25, 0.3) is 5.91 Å². The Kier molecular flexibility index (Phi) is 8.81. The Morgan fingerprint density at radius 2 is 1.81 bits per heavy atom. The Balaban J connectivity index is 1.40. The number of amides is 1. The predicted octanol–water partition coefficient (Wildman–Crippen LogP) is 5.80. The molecule has 0 radical (unpaired) electrons. The summed E-state index contributed by atoms with van der Waals surface area (Å²) in [6.45, 7) is 5.06. The number of carbonyl (C=O) groups excluding carboxylic acids is 1. The van der Waals surface area contributed by atoms with Gasteiger partial charge in [-0.1, -0.05) is 48.6 Å². The van der Waals surface area contributed by atoms with E-state index in [0.29, 0.717) is 30.4 Å². The van der Waals surface area contributed by atoms with Crippen LogP contribution in [-0.4, -0.2) is 35.8 Å². The van der Waals surface area contributed by atoms with E-state index in [9.17, 15) is 4.79 Å². The van der Waals surface area contributed by atoms with Crippen LogP contribution in [0.15, 0.2) is 78.9 Å². The van der Waals surface area contributed by atoms with Crippen LogP contribution < -0.4 is 19.5 Å². The molecule has 0 fully saturated rings. The van der Waals surface area contributed by atoms with Crippen molar-refractivity contribution in [2.24, 2.45) is 0 Å². The van der Waals surface area contributed by atoms with Gasteiger partial charge in [-0.05, 0) is 62.2 Å². The summed E-state index contributed by atoms with van der Waals surface area (Å²) in [5.74, 6) is 2.67. The van der Waals surface area contributed by atoms with Gasteiger partial charge in [0, 0.05) is 6.54 Å². The summed E-state index contributed by atoms with van der Waals surface area (Å²) in [6.07, 6.45) is 4.76. The maximum absolute atomic E-state index is 12.6. The summed E-state index contributed by atoms with van der Waals surface area (Å²) in [5.41, 5.74) is 2.97.